The molecule has 1 aliphatic heterocycles. The second-order valence-electron chi connectivity index (χ2n) is 34.3. The van der Waals surface area contributed by atoms with Crippen molar-refractivity contribution in [1.29, 1.82) is 5.26 Å². The van der Waals surface area contributed by atoms with Gasteiger partial charge in [0, 0.05) is 87.8 Å². The molecule has 0 radical (unpaired) electrons. The number of carbonyl (C=O) groups excluding carboxylic acids is 1. The van der Waals surface area contributed by atoms with Crippen LogP contribution in [0.1, 0.15) is 229 Å². The van der Waals surface area contributed by atoms with Crippen molar-refractivity contribution in [1.82, 2.24) is 80.0 Å². The van der Waals surface area contributed by atoms with Crippen LogP contribution < -0.4 is 18.9 Å². The van der Waals surface area contributed by atoms with E-state index in [1.807, 2.05) is 84.6 Å². The van der Waals surface area contributed by atoms with E-state index >= 15 is 0 Å². The van der Waals surface area contributed by atoms with E-state index in [1.54, 1.807) is 31.2 Å². The van der Waals surface area contributed by atoms with Crippen LogP contribution in [0.3, 0.4) is 0 Å². The summed E-state index contributed by atoms with van der Waals surface area (Å²) in [6.07, 6.45) is 15.6. The normalized spacial score (nSPS) is 13.0. The SMILES string of the molecule is CCCCN(C)Cc1[nH]nc2ccc(C(C)C)cc12.CCCCN(C)Cc1[nH]nc2ccc(Oc3ccc(C(C)(F)F)cc3)cc12.CCCCN(C)Cc1[nH]nc2cccc(OCCC(O)CO)c12.CCCCN(C)Cc1[nH]nc2cccc(OCCCC(O)CC)c12.CCCCN(C)Cc1nn(C2CCN(C(C)=O)CC2)c2ccc(Oc3cccc(C#N)c3)cc12. The molecule has 2 unspecified atom stereocenters. The van der Waals surface area contributed by atoms with Crippen LogP contribution in [0.5, 0.6) is 34.5 Å². The molecule has 25 nitrogen and oxygen atoms in total. The second kappa shape index (κ2) is 51.6. The molecule has 1 fully saturated rings. The molecule has 27 heteroatoms. The van der Waals surface area contributed by atoms with Crippen LogP contribution >= 0.6 is 0 Å². The van der Waals surface area contributed by atoms with Gasteiger partial charge in [-0.3, -0.25) is 29.9 Å². The number of likely N-dealkylation sites (tertiary alicyclic amines) is 1. The third-order valence-corrected chi connectivity index (χ3v) is 22.9. The van der Waals surface area contributed by atoms with Crippen molar-refractivity contribution < 1.29 is 47.8 Å². The van der Waals surface area contributed by atoms with Gasteiger partial charge in [0.05, 0.1) is 117 Å². The van der Waals surface area contributed by atoms with Crippen LogP contribution in [0.4, 0.5) is 8.78 Å². The van der Waals surface area contributed by atoms with Crippen molar-refractivity contribution in [2.24, 2.45) is 0 Å². The van der Waals surface area contributed by atoms with Gasteiger partial charge in [0.25, 0.3) is 5.92 Å². The number of nitriles is 1. The summed E-state index contributed by atoms with van der Waals surface area (Å²) in [5.74, 6) is 2.04. The largest absolute Gasteiger partial charge is 0.493 e. The minimum Gasteiger partial charge on any atom is -0.493 e. The highest BCUT2D eigenvalue weighted by Gasteiger charge is 2.28. The Labute approximate surface area is 750 Å². The topological polar surface area (TPSA) is 290 Å². The molecule has 6 heterocycles. The van der Waals surface area contributed by atoms with Gasteiger partial charge in [-0.15, -0.1) is 0 Å². The number of aliphatic hydroxyl groups is 3. The van der Waals surface area contributed by atoms with Crippen molar-refractivity contribution in [3.63, 3.8) is 0 Å². The second-order valence-corrected chi connectivity index (χ2v) is 34.3. The van der Waals surface area contributed by atoms with E-state index in [-0.39, 0.29) is 30.2 Å². The number of hydrogen-bond donors (Lipinski definition) is 7. The number of ether oxygens (including phenoxy) is 4. The first kappa shape index (κ1) is 100. The Morgan fingerprint density at radius 3 is 1.47 bits per heavy atom. The summed E-state index contributed by atoms with van der Waals surface area (Å²) in [5.41, 5.74) is 12.2. The van der Waals surface area contributed by atoms with Gasteiger partial charge in [0.1, 0.15) is 34.5 Å². The number of aromatic amines is 4. The van der Waals surface area contributed by atoms with E-state index in [0.29, 0.717) is 48.4 Å². The minimum absolute atomic E-state index is 0.0301. The highest BCUT2D eigenvalue weighted by molar-refractivity contribution is 5.89. The number of rotatable bonds is 43. The Balaban J connectivity index is 0.000000182. The highest BCUT2D eigenvalue weighted by Crippen LogP contribution is 2.37. The van der Waals surface area contributed by atoms with Gasteiger partial charge in [-0.1, -0.05) is 112 Å². The van der Waals surface area contributed by atoms with E-state index in [4.69, 9.17) is 29.2 Å². The highest BCUT2D eigenvalue weighted by atomic mass is 19.3. The molecule has 688 valence electrons. The first-order valence-electron chi connectivity index (χ1n) is 45.9. The number of H-pyrrole nitrogens is 4. The number of amides is 1. The summed E-state index contributed by atoms with van der Waals surface area (Å²) in [6, 6.07) is 45.6. The predicted octanol–water partition coefficient (Wildman–Crippen LogP) is 20.4. The third-order valence-electron chi connectivity index (χ3n) is 22.9. The number of fused-ring (bicyclic) bond motifs is 5. The maximum Gasteiger partial charge on any atom is 0.270 e. The zero-order valence-electron chi connectivity index (χ0n) is 78.0. The number of aromatic nitrogens is 10. The average Bonchev–Trinajstić information content (AvgIpc) is 1.58. The smallest absolute Gasteiger partial charge is 0.270 e. The lowest BCUT2D eigenvalue weighted by Crippen LogP contribution is -2.37. The van der Waals surface area contributed by atoms with Crippen molar-refractivity contribution >= 4 is 60.4 Å². The number of nitrogens with zero attached hydrogens (tertiary/aromatic N) is 13. The molecule has 1 amide bonds. The van der Waals surface area contributed by atoms with Crippen LogP contribution in [0.15, 0.2) is 140 Å². The molecule has 127 heavy (non-hydrogen) atoms. The van der Waals surface area contributed by atoms with Gasteiger partial charge in [0.15, 0.2) is 0 Å². The van der Waals surface area contributed by atoms with Crippen LogP contribution in [-0.4, -0.2) is 214 Å². The lowest BCUT2D eigenvalue weighted by Gasteiger charge is -2.31. The molecule has 12 aromatic rings. The molecule has 1 saturated heterocycles. The molecule has 13 rings (SSSR count). The molecular weight excluding hydrogens is 1610 g/mol. The zero-order chi connectivity index (χ0) is 91.4. The van der Waals surface area contributed by atoms with Crippen molar-refractivity contribution in [2.45, 2.75) is 235 Å². The van der Waals surface area contributed by atoms with Gasteiger partial charge in [-0.25, -0.2) is 8.78 Å². The number of unbranched alkanes of at least 4 members (excludes halogenated alkanes) is 5. The molecule has 1 aliphatic rings. The first-order valence-corrected chi connectivity index (χ1v) is 45.9. The van der Waals surface area contributed by atoms with Gasteiger partial charge in [-0.05, 0) is 259 Å². The lowest BCUT2D eigenvalue weighted by atomic mass is 10.0. The maximum atomic E-state index is 13.3. The van der Waals surface area contributed by atoms with Gasteiger partial charge >= 0.3 is 0 Å². The summed E-state index contributed by atoms with van der Waals surface area (Å²) in [4.78, 5) is 25.2. The van der Waals surface area contributed by atoms with Crippen molar-refractivity contribution in [2.75, 3.05) is 101 Å². The van der Waals surface area contributed by atoms with Crippen molar-refractivity contribution in [3.05, 3.63) is 185 Å². The molecule has 7 aromatic carbocycles. The number of piperidine rings is 1. The molecule has 0 bridgehead atoms. The zero-order valence-corrected chi connectivity index (χ0v) is 78.0. The van der Waals surface area contributed by atoms with Crippen LogP contribution in [0.25, 0.3) is 54.5 Å². The molecular formula is C100H141F2N17O8. The fourth-order valence-electron chi connectivity index (χ4n) is 15.2. The molecule has 0 aliphatic carbocycles. The number of aliphatic hydroxyl groups excluding tert-OH is 3. The van der Waals surface area contributed by atoms with E-state index in [1.165, 1.54) is 67.3 Å². The number of nitrogens with one attached hydrogen (secondary N) is 4. The summed E-state index contributed by atoms with van der Waals surface area (Å²) < 4.78 is 52.6. The van der Waals surface area contributed by atoms with E-state index in [0.717, 1.165) is 232 Å². The first-order chi connectivity index (χ1) is 61.3. The van der Waals surface area contributed by atoms with Crippen molar-refractivity contribution in [3.8, 4) is 40.6 Å². The van der Waals surface area contributed by atoms with Gasteiger partial charge in [-0.2, -0.15) is 30.8 Å². The van der Waals surface area contributed by atoms with Gasteiger partial charge in [0.2, 0.25) is 5.91 Å². The molecule has 0 saturated carbocycles. The minimum atomic E-state index is -2.85. The summed E-state index contributed by atoms with van der Waals surface area (Å²) in [6.45, 7) is 31.7. The summed E-state index contributed by atoms with van der Waals surface area (Å²) >= 11 is 0. The Bertz CT molecular complexity index is 5300. The average molecular weight is 1750 g/mol. The monoisotopic (exact) mass is 1750 g/mol. The molecule has 7 N–H and O–H groups in total. The standard InChI is InChI=1S/C27H33N5O2.C21H25F2N3O.C19H31N3O2.C17H27N3O3.C16H25N3/c1-4-5-13-30(3)19-26-25-17-24(34-23-8-6-7-21(16-23)18-28)9-10-27(25)32(29-26)22-11-14-31(15-12-22)20(2)33;1-4-5-12-26(3)14-20-18-13-17(10-11-19(18)24-25-20)27-16-8-6-15(7-9-16)21(2,22)23;1-4-6-12-22(3)14-17-19-16(20-21-17)10-7-11-18(19)24-13-8-9-15(23)5-2;1-3-4-9-20(2)11-15-17-14(18-19-15)6-5-7-16(17)23-10-8-13(22)12-21;1-5-6-9-19(4)11-16-14-10-13(12(2)3)7-8-15(14)17-18-16/h6-10,16-17,22H,4-5,11-15,19H2,1-3H3;6-11,13H,4-5,12,14H2,1-3H3,(H,24,25);7,10-11,15,23H,4-6,8-9,12-14H2,1-3H3,(H,20,21);5-7,13,21-22H,3-4,8-12H2,1-2H3,(H,18,19);7-8,10,12H,5-6,9,11H2,1-4H3,(H,17,18). The lowest BCUT2D eigenvalue weighted by molar-refractivity contribution is -0.130. The molecule has 0 spiro atoms. The van der Waals surface area contributed by atoms with E-state index in [2.05, 4.69) is 190 Å². The summed E-state index contributed by atoms with van der Waals surface area (Å²) in [7, 11) is 10.6. The fraction of sp³-hybridized carbons (Fsp3) is 0.510. The number of halogens is 2. The van der Waals surface area contributed by atoms with Gasteiger partial charge < -0.3 is 63.7 Å². The van der Waals surface area contributed by atoms with Crippen LogP contribution in [-0.2, 0) is 43.4 Å². The Kier molecular flexibility index (Phi) is 40.7. The van der Waals surface area contributed by atoms with Crippen LogP contribution in [0.2, 0.25) is 0 Å². The number of alkyl halides is 2. The van der Waals surface area contributed by atoms with E-state index in [9.17, 15) is 29.1 Å². The third kappa shape index (κ3) is 30.9. The van der Waals surface area contributed by atoms with Crippen LogP contribution in [0, 0.1) is 11.3 Å². The Morgan fingerprint density at radius 2 is 0.976 bits per heavy atom. The van der Waals surface area contributed by atoms with E-state index < -0.39 is 12.0 Å². The Morgan fingerprint density at radius 1 is 0.528 bits per heavy atom. The summed E-state index contributed by atoms with van der Waals surface area (Å²) in [5, 5.41) is 77.7. The molecule has 2 atom stereocenters. The number of carbonyl (C=O) groups is 1. The Hall–Kier alpha value is -10.4. The maximum absolute atomic E-state index is 13.3. The number of hydrogen-bond acceptors (Lipinski definition) is 19. The fourth-order valence-corrected chi connectivity index (χ4v) is 15.2. The molecule has 5 aromatic heterocycles. The predicted molar refractivity (Wildman–Crippen MR) is 506 cm³/mol. The quantitative estimate of drug-likeness (QED) is 0.0175. The number of benzene rings is 7.